The van der Waals surface area contributed by atoms with Gasteiger partial charge in [-0.15, -0.1) is 0 Å². The van der Waals surface area contributed by atoms with E-state index >= 15 is 0 Å². The summed E-state index contributed by atoms with van der Waals surface area (Å²) in [4.78, 5) is 23.0. The Morgan fingerprint density at radius 3 is 2.90 bits per heavy atom. The number of fused-ring (bicyclic) bond motifs is 1. The van der Waals surface area contributed by atoms with Crippen LogP contribution in [0.25, 0.3) is 0 Å². The Balaban J connectivity index is 2.05. The number of methoxy groups -OCH3 is 1. The van der Waals surface area contributed by atoms with Crippen LogP contribution >= 0.6 is 0 Å². The van der Waals surface area contributed by atoms with Gasteiger partial charge < -0.3 is 24.6 Å². The number of rotatable bonds is 4. The number of amides is 1. The molecule has 2 N–H and O–H groups in total. The van der Waals surface area contributed by atoms with Crippen molar-refractivity contribution in [1.29, 1.82) is 0 Å². The van der Waals surface area contributed by atoms with Gasteiger partial charge in [0.1, 0.15) is 13.2 Å². The zero-order chi connectivity index (χ0) is 14.5. The number of benzene rings is 1. The van der Waals surface area contributed by atoms with Gasteiger partial charge in [0.15, 0.2) is 17.6 Å². The summed E-state index contributed by atoms with van der Waals surface area (Å²) >= 11 is 0. The Labute approximate surface area is 115 Å². The van der Waals surface area contributed by atoms with Crippen molar-refractivity contribution in [2.24, 2.45) is 0 Å². The minimum absolute atomic E-state index is 0.240. The molecule has 1 aliphatic heterocycles. The third kappa shape index (κ3) is 3.00. The predicted octanol–water partition coefficient (Wildman–Crippen LogP) is -0.279. The molecule has 0 bridgehead atoms. The third-order valence-corrected chi connectivity index (χ3v) is 2.74. The maximum atomic E-state index is 12.0. The number of hydrogen-bond acceptors (Lipinski definition) is 6. The quantitative estimate of drug-likeness (QED) is 0.737. The molecule has 1 aromatic rings. The van der Waals surface area contributed by atoms with Crippen molar-refractivity contribution in [3.63, 3.8) is 0 Å². The van der Waals surface area contributed by atoms with Gasteiger partial charge in [-0.2, -0.15) is 0 Å². The Kier molecular flexibility index (Phi) is 4.41. The molecule has 0 aliphatic carbocycles. The molecule has 0 saturated heterocycles. The highest BCUT2D eigenvalue weighted by atomic mass is 16.6. The summed E-state index contributed by atoms with van der Waals surface area (Å²) in [7, 11) is 1.16. The summed E-state index contributed by atoms with van der Waals surface area (Å²) < 4.78 is 15.1. The first kappa shape index (κ1) is 14.1. The molecular weight excluding hydrogens is 266 g/mol. The Morgan fingerprint density at radius 2 is 2.15 bits per heavy atom. The van der Waals surface area contributed by atoms with Crippen molar-refractivity contribution < 1.29 is 28.9 Å². The minimum atomic E-state index is -1.40. The van der Waals surface area contributed by atoms with Gasteiger partial charge in [0, 0.05) is 0 Å². The molecule has 0 radical (unpaired) electrons. The molecule has 108 valence electrons. The highest BCUT2D eigenvalue weighted by Crippen LogP contribution is 2.33. The van der Waals surface area contributed by atoms with E-state index in [-0.39, 0.29) is 6.54 Å². The molecule has 0 saturated carbocycles. The second-order valence-corrected chi connectivity index (χ2v) is 4.08. The largest absolute Gasteiger partial charge is 0.486 e. The average Bonchev–Trinajstić information content (AvgIpc) is 2.50. The van der Waals surface area contributed by atoms with Gasteiger partial charge in [-0.1, -0.05) is 6.07 Å². The maximum Gasteiger partial charge on any atom is 0.336 e. The van der Waals surface area contributed by atoms with E-state index in [9.17, 15) is 14.7 Å². The molecule has 1 amide bonds. The van der Waals surface area contributed by atoms with Crippen LogP contribution in [0.2, 0.25) is 0 Å². The molecule has 1 unspecified atom stereocenters. The fourth-order valence-electron chi connectivity index (χ4n) is 1.76. The molecule has 2 rings (SSSR count). The number of carbonyl (C=O) groups excluding carboxylic acids is 2. The lowest BCUT2D eigenvalue weighted by atomic mass is 10.1. The van der Waals surface area contributed by atoms with Gasteiger partial charge in [0.05, 0.1) is 19.2 Å². The van der Waals surface area contributed by atoms with Crippen LogP contribution in [0, 0.1) is 0 Å². The second kappa shape index (κ2) is 6.25. The molecule has 7 heteroatoms. The fourth-order valence-corrected chi connectivity index (χ4v) is 1.76. The molecule has 1 aromatic carbocycles. The van der Waals surface area contributed by atoms with Crippen LogP contribution in [-0.4, -0.2) is 50.0 Å². The van der Waals surface area contributed by atoms with E-state index in [4.69, 9.17) is 9.47 Å². The van der Waals surface area contributed by atoms with Crippen LogP contribution in [0.5, 0.6) is 11.5 Å². The van der Waals surface area contributed by atoms with E-state index < -0.39 is 18.0 Å². The van der Waals surface area contributed by atoms with Crippen molar-refractivity contribution in [1.82, 2.24) is 5.32 Å². The van der Waals surface area contributed by atoms with E-state index in [1.54, 1.807) is 18.2 Å². The highest BCUT2D eigenvalue weighted by Gasteiger charge is 2.22. The molecule has 0 spiro atoms. The number of carbonyl (C=O) groups is 2. The minimum Gasteiger partial charge on any atom is -0.486 e. The number of nitrogens with one attached hydrogen (secondary N) is 1. The molecular formula is C13H15NO6. The lowest BCUT2D eigenvalue weighted by Gasteiger charge is -2.20. The van der Waals surface area contributed by atoms with E-state index in [2.05, 4.69) is 10.1 Å². The first-order valence-corrected chi connectivity index (χ1v) is 6.06. The number of hydrogen-bond donors (Lipinski definition) is 2. The zero-order valence-electron chi connectivity index (χ0n) is 10.9. The summed E-state index contributed by atoms with van der Waals surface area (Å²) in [6.45, 7) is 0.553. The van der Waals surface area contributed by atoms with Crippen molar-refractivity contribution in [3.05, 3.63) is 23.8 Å². The average molecular weight is 281 g/mol. The zero-order valence-corrected chi connectivity index (χ0v) is 10.9. The van der Waals surface area contributed by atoms with E-state index in [1.807, 2.05) is 0 Å². The van der Waals surface area contributed by atoms with Crippen LogP contribution in [0.15, 0.2) is 18.2 Å². The van der Waals surface area contributed by atoms with E-state index in [0.717, 1.165) is 7.11 Å². The van der Waals surface area contributed by atoms with Gasteiger partial charge >= 0.3 is 5.97 Å². The van der Waals surface area contributed by atoms with E-state index in [0.29, 0.717) is 30.3 Å². The van der Waals surface area contributed by atoms with Crippen LogP contribution in [0.4, 0.5) is 0 Å². The first-order chi connectivity index (χ1) is 9.63. The number of ether oxygens (including phenoxy) is 3. The number of aliphatic hydroxyl groups excluding tert-OH is 1. The van der Waals surface area contributed by atoms with Crippen LogP contribution in [0.1, 0.15) is 10.4 Å². The Bertz CT molecular complexity index is 516. The van der Waals surface area contributed by atoms with Gasteiger partial charge in [0.2, 0.25) is 0 Å². The SMILES string of the molecule is COC(=O)C(O)CNC(=O)c1cccc2c1OCCO2. The molecule has 0 aromatic heterocycles. The molecule has 1 atom stereocenters. The number of para-hydroxylation sites is 1. The van der Waals surface area contributed by atoms with Gasteiger partial charge in [-0.05, 0) is 12.1 Å². The monoisotopic (exact) mass is 281 g/mol. The summed E-state index contributed by atoms with van der Waals surface area (Å²) in [5.41, 5.74) is 0.291. The van der Waals surface area contributed by atoms with Crippen molar-refractivity contribution in [2.45, 2.75) is 6.10 Å². The smallest absolute Gasteiger partial charge is 0.336 e. The number of esters is 1. The summed E-state index contributed by atoms with van der Waals surface area (Å²) in [5.74, 6) is -0.406. The first-order valence-electron chi connectivity index (χ1n) is 6.06. The lowest BCUT2D eigenvalue weighted by molar-refractivity contribution is -0.149. The molecule has 1 heterocycles. The van der Waals surface area contributed by atoms with E-state index in [1.165, 1.54) is 0 Å². The normalized spacial score (nSPS) is 14.3. The van der Waals surface area contributed by atoms with Crippen LogP contribution in [0.3, 0.4) is 0 Å². The highest BCUT2D eigenvalue weighted by molar-refractivity contribution is 5.98. The van der Waals surface area contributed by atoms with Crippen LogP contribution in [-0.2, 0) is 9.53 Å². The Hall–Kier alpha value is -2.28. The molecule has 1 aliphatic rings. The molecule has 0 fully saturated rings. The number of aliphatic hydroxyl groups is 1. The summed E-state index contributed by atoms with van der Waals surface area (Å²) in [6, 6.07) is 4.95. The van der Waals surface area contributed by atoms with Gasteiger partial charge in [-0.3, -0.25) is 4.79 Å². The van der Waals surface area contributed by atoms with Crippen LogP contribution < -0.4 is 14.8 Å². The summed E-state index contributed by atoms with van der Waals surface area (Å²) in [5, 5.41) is 11.8. The molecule has 20 heavy (non-hydrogen) atoms. The van der Waals surface area contributed by atoms with Gasteiger partial charge in [0.25, 0.3) is 5.91 Å². The predicted molar refractivity (Wildman–Crippen MR) is 67.8 cm³/mol. The fraction of sp³-hybridized carbons (Fsp3) is 0.385. The molecule has 7 nitrogen and oxygen atoms in total. The van der Waals surface area contributed by atoms with Crippen molar-refractivity contribution in [2.75, 3.05) is 26.9 Å². The van der Waals surface area contributed by atoms with Crippen molar-refractivity contribution >= 4 is 11.9 Å². The van der Waals surface area contributed by atoms with Crippen molar-refractivity contribution in [3.8, 4) is 11.5 Å². The Morgan fingerprint density at radius 1 is 1.40 bits per heavy atom. The lowest BCUT2D eigenvalue weighted by Crippen LogP contribution is -2.37. The summed E-state index contributed by atoms with van der Waals surface area (Å²) in [6.07, 6.45) is -1.40. The topological polar surface area (TPSA) is 94.1 Å². The van der Waals surface area contributed by atoms with Gasteiger partial charge in [-0.25, -0.2) is 4.79 Å². The maximum absolute atomic E-state index is 12.0. The second-order valence-electron chi connectivity index (χ2n) is 4.08. The standard InChI is InChI=1S/C13H15NO6/c1-18-13(17)9(15)7-14-12(16)8-3-2-4-10-11(8)20-6-5-19-10/h2-4,9,15H,5-7H2,1H3,(H,14,16). The third-order valence-electron chi connectivity index (χ3n) is 2.74.